The lowest BCUT2D eigenvalue weighted by Gasteiger charge is -2.28. The van der Waals surface area contributed by atoms with Crippen LogP contribution in [-0.4, -0.2) is 74.2 Å². The van der Waals surface area contributed by atoms with Gasteiger partial charge in [-0.15, -0.1) is 0 Å². The summed E-state index contributed by atoms with van der Waals surface area (Å²) in [6, 6.07) is 2.58. The maximum Gasteiger partial charge on any atom is 0.295 e. The molecule has 0 aliphatic carbocycles. The molecule has 0 aliphatic rings. The van der Waals surface area contributed by atoms with Crippen molar-refractivity contribution in [1.29, 1.82) is 0 Å². The third-order valence-corrected chi connectivity index (χ3v) is 25.7. The van der Waals surface area contributed by atoms with E-state index in [1.165, 1.54) is 218 Å². The summed E-state index contributed by atoms with van der Waals surface area (Å²) in [6.45, 7) is 18.9. The summed E-state index contributed by atoms with van der Waals surface area (Å²) >= 11 is 0. The van der Waals surface area contributed by atoms with Crippen LogP contribution in [0.5, 0.6) is 0 Å². The Hall–Kier alpha value is -1.07. The number of benzene rings is 1. The third-order valence-electron chi connectivity index (χ3n) is 14.6. The molecule has 1 aromatic carbocycles. The Morgan fingerprint density at radius 2 is 0.543 bits per heavy atom. The van der Waals surface area contributed by atoms with Crippen molar-refractivity contribution in [2.45, 2.75) is 291 Å². The van der Waals surface area contributed by atoms with Crippen LogP contribution in [0.15, 0.2) is 23.1 Å². The molecule has 70 heavy (non-hydrogen) atoms. The number of rotatable bonds is 47. The molecule has 0 atom stereocenters. The zero-order valence-corrected chi connectivity index (χ0v) is 50.1. The minimum Gasteiger partial charge on any atom is -0.545 e. The molecule has 7 nitrogen and oxygen atoms in total. The van der Waals surface area contributed by atoms with E-state index < -0.39 is 52.6 Å². The van der Waals surface area contributed by atoms with Gasteiger partial charge in [0.2, 0.25) is 0 Å². The van der Waals surface area contributed by atoms with Crippen LogP contribution in [0.1, 0.15) is 307 Å². The average Bonchev–Trinajstić information content (AvgIpc) is 3.35. The Morgan fingerprint density at radius 3 is 0.729 bits per heavy atom. The summed E-state index contributed by atoms with van der Waals surface area (Å²) in [5.74, 6) is -3.84. The van der Waals surface area contributed by atoms with Crippen LogP contribution < -0.4 is 10.2 Å². The Morgan fingerprint density at radius 1 is 0.357 bits per heavy atom. The van der Waals surface area contributed by atoms with Gasteiger partial charge in [-0.05, 0) is 64.2 Å². The molecule has 0 aliphatic heterocycles. The highest BCUT2D eigenvalue weighted by molar-refractivity contribution is 7.86. The number of carboxylic acids is 2. The standard InChI is InChI=1S/2C26H56P.C8H6O7S/c2*1-5-9-13-14-15-16-17-18-19-20-21-22-26-27(23-10-6-2,24-11-7-3)25-12-8-4;9-7(10)4-2-1-3-5(8(11)12)6(4)16(13,14)15/h2*5-26H2,1-4H3;1-3H,(H,9,10)(H,11,12)(H,13,14,15)/q2*+1;/p-2. The first-order valence-electron chi connectivity index (χ1n) is 30.0. The van der Waals surface area contributed by atoms with E-state index in [4.69, 9.17) is 4.55 Å². The van der Waals surface area contributed by atoms with Crippen molar-refractivity contribution >= 4 is 36.6 Å². The quantitative estimate of drug-likeness (QED) is 0.0390. The van der Waals surface area contributed by atoms with E-state index in [2.05, 4.69) is 55.4 Å². The smallest absolute Gasteiger partial charge is 0.295 e. The second kappa shape index (κ2) is 48.8. The molecule has 0 aromatic heterocycles. The van der Waals surface area contributed by atoms with Gasteiger partial charge in [0.15, 0.2) is 0 Å². The number of hydrogen-bond acceptors (Lipinski definition) is 6. The Kier molecular flexibility index (Phi) is 49.5. The molecule has 414 valence electrons. The maximum atomic E-state index is 10.9. The molecule has 0 bridgehead atoms. The monoisotopic (exact) mass is 1040 g/mol. The molecule has 1 N–H and O–H groups in total. The number of aromatic carboxylic acids is 2. The van der Waals surface area contributed by atoms with Crippen molar-refractivity contribution in [3.8, 4) is 0 Å². The maximum absolute atomic E-state index is 10.9. The number of carbonyl (C=O) groups excluding carboxylic acids is 2. The number of carboxylic acid groups (broad SMARTS) is 2. The van der Waals surface area contributed by atoms with Crippen LogP contribution in [-0.2, 0) is 10.1 Å². The van der Waals surface area contributed by atoms with E-state index >= 15 is 0 Å². The van der Waals surface area contributed by atoms with E-state index in [9.17, 15) is 28.2 Å². The van der Waals surface area contributed by atoms with Gasteiger partial charge in [0.25, 0.3) is 10.1 Å². The van der Waals surface area contributed by atoms with Gasteiger partial charge in [0.1, 0.15) is 4.90 Å². The van der Waals surface area contributed by atoms with Gasteiger partial charge in [0, 0.05) is 25.7 Å². The molecule has 1 aromatic rings. The second-order valence-corrected chi connectivity index (χ2v) is 31.4. The van der Waals surface area contributed by atoms with Crippen LogP contribution >= 0.6 is 14.5 Å². The molecular formula is C60H116O7P2S. The van der Waals surface area contributed by atoms with E-state index in [1.54, 1.807) is 62.1 Å². The Balaban J connectivity index is 0. The van der Waals surface area contributed by atoms with E-state index in [0.717, 1.165) is 18.2 Å². The number of carbonyl (C=O) groups is 2. The van der Waals surface area contributed by atoms with Gasteiger partial charge in [-0.25, -0.2) is 0 Å². The van der Waals surface area contributed by atoms with E-state index in [-0.39, 0.29) is 0 Å². The van der Waals surface area contributed by atoms with Crippen molar-refractivity contribution in [3.05, 3.63) is 29.3 Å². The highest BCUT2D eigenvalue weighted by Gasteiger charge is 2.35. The van der Waals surface area contributed by atoms with Crippen molar-refractivity contribution < 1.29 is 32.8 Å². The Bertz CT molecular complexity index is 1320. The van der Waals surface area contributed by atoms with Crippen LogP contribution in [0.2, 0.25) is 0 Å². The minimum atomic E-state index is -5.00. The fourth-order valence-electron chi connectivity index (χ4n) is 10.0. The first-order valence-corrected chi connectivity index (χ1v) is 36.5. The fourth-order valence-corrected chi connectivity index (χ4v) is 21.3. The molecule has 0 saturated carbocycles. The highest BCUT2D eigenvalue weighted by atomic mass is 32.2. The number of unbranched alkanes of at least 4 members (excludes halogenated alkanes) is 28. The summed E-state index contributed by atoms with van der Waals surface area (Å²) in [6.07, 6.45) is 65.9. The van der Waals surface area contributed by atoms with Crippen molar-refractivity contribution in [2.24, 2.45) is 0 Å². The highest BCUT2D eigenvalue weighted by Crippen LogP contribution is 2.62. The number of hydrogen-bond donors (Lipinski definition) is 1. The van der Waals surface area contributed by atoms with Crippen LogP contribution in [0.25, 0.3) is 0 Å². The normalized spacial score (nSPS) is 11.8. The first kappa shape index (κ1) is 71.0. The van der Waals surface area contributed by atoms with Crippen LogP contribution in [0, 0.1) is 0 Å². The summed E-state index contributed by atoms with van der Waals surface area (Å²) in [5, 5.41) is 21.1. The molecule has 0 spiro atoms. The van der Waals surface area contributed by atoms with E-state index in [0.29, 0.717) is 0 Å². The molecule has 0 saturated heterocycles. The lowest BCUT2D eigenvalue weighted by Crippen LogP contribution is -2.29. The molecule has 1 rings (SSSR count). The van der Waals surface area contributed by atoms with Crippen LogP contribution in [0.4, 0.5) is 0 Å². The van der Waals surface area contributed by atoms with Gasteiger partial charge in [0.05, 0.1) is 61.2 Å². The summed E-state index contributed by atoms with van der Waals surface area (Å²) in [7, 11) is -6.25. The predicted octanol–water partition coefficient (Wildman–Crippen LogP) is 17.9. The first-order chi connectivity index (χ1) is 33.7. The van der Waals surface area contributed by atoms with Gasteiger partial charge in [-0.2, -0.15) is 8.42 Å². The third kappa shape index (κ3) is 38.5. The fraction of sp³-hybridized carbons (Fsp3) is 0.867. The molecule has 10 heteroatoms. The van der Waals surface area contributed by atoms with Gasteiger partial charge in [-0.3, -0.25) is 4.55 Å². The molecule has 0 amide bonds. The SMILES string of the molecule is CCCCCCCCCCCCCC[P+](CCCC)(CCCC)CCCC.CCCCCCCCCCCCCC[P+](CCCC)(CCCC)CCCC.O=C([O-])c1cccc(C(=O)[O-])c1S(=O)(=O)O. The van der Waals surface area contributed by atoms with Gasteiger partial charge >= 0.3 is 0 Å². The molecule has 0 fully saturated rings. The average molecular weight is 1040 g/mol. The Labute approximate surface area is 437 Å². The van der Waals surface area contributed by atoms with Gasteiger partial charge in [-0.1, -0.05) is 241 Å². The molecule has 0 unspecified atom stereocenters. The lowest BCUT2D eigenvalue weighted by atomic mass is 10.1. The van der Waals surface area contributed by atoms with Crippen molar-refractivity contribution in [3.63, 3.8) is 0 Å². The topological polar surface area (TPSA) is 135 Å². The summed E-state index contributed by atoms with van der Waals surface area (Å²) in [4.78, 5) is 19.8. The van der Waals surface area contributed by atoms with Crippen LogP contribution in [0.3, 0.4) is 0 Å². The minimum absolute atomic E-state index is 0.626. The zero-order chi connectivity index (χ0) is 52.6. The zero-order valence-electron chi connectivity index (χ0n) is 47.5. The van der Waals surface area contributed by atoms with E-state index in [1.807, 2.05) is 0 Å². The summed E-state index contributed by atoms with van der Waals surface area (Å²) < 4.78 is 30.5. The van der Waals surface area contributed by atoms with Gasteiger partial charge < -0.3 is 19.8 Å². The summed E-state index contributed by atoms with van der Waals surface area (Å²) in [5.41, 5.74) is -1.88. The predicted molar refractivity (Wildman–Crippen MR) is 309 cm³/mol. The largest absolute Gasteiger partial charge is 0.545 e. The van der Waals surface area contributed by atoms with Crippen molar-refractivity contribution in [2.75, 3.05) is 49.3 Å². The second-order valence-electron chi connectivity index (χ2n) is 21.1. The molecule has 0 radical (unpaired) electrons. The lowest BCUT2D eigenvalue weighted by molar-refractivity contribution is -0.255. The van der Waals surface area contributed by atoms with Crippen molar-refractivity contribution in [1.82, 2.24) is 0 Å². The molecule has 0 heterocycles. The molecular weight excluding hydrogens is 927 g/mol.